The monoisotopic (exact) mass is 376 g/mol. The van der Waals surface area contributed by atoms with Gasteiger partial charge in [0, 0.05) is 0 Å². The van der Waals surface area contributed by atoms with Crippen molar-refractivity contribution in [3.8, 4) is 0 Å². The molecule has 0 amide bonds. The van der Waals surface area contributed by atoms with Crippen molar-refractivity contribution in [2.24, 2.45) is 0 Å². The molecule has 0 atom stereocenters. The molecule has 0 aliphatic heterocycles. The number of halogens is 15. The first-order valence-corrected chi connectivity index (χ1v) is 5.98. The van der Waals surface area contributed by atoms with Crippen LogP contribution in [0.1, 0.15) is 0 Å². The summed E-state index contributed by atoms with van der Waals surface area (Å²) < 4.78 is 181. The number of hydrogen-bond acceptors (Lipinski definition) is 0. The van der Waals surface area contributed by atoms with Crippen molar-refractivity contribution < 1.29 is 65.5 Å². The Hall–Kier alpha value is -0.620. The van der Waals surface area contributed by atoms with Crippen LogP contribution in [0.25, 0.3) is 0 Å². The van der Waals surface area contributed by atoms with Crippen molar-refractivity contribution in [3.05, 3.63) is 0 Å². The van der Waals surface area contributed by atoms with E-state index in [9.17, 15) is 65.5 Å². The maximum atomic E-state index is 12.9. The molecule has 0 spiro atoms. The van der Waals surface area contributed by atoms with Crippen LogP contribution in [0.5, 0.6) is 0 Å². The van der Waals surface area contributed by atoms with E-state index in [0.29, 0.717) is 0 Å². The van der Waals surface area contributed by atoms with Crippen LogP contribution in [0.4, 0.5) is 65.5 Å². The molecule has 0 aromatic carbocycles. The van der Waals surface area contributed by atoms with Gasteiger partial charge in [0.05, 0.1) is 0 Å². The van der Waals surface area contributed by atoms with Crippen LogP contribution in [-0.2, 0) is 0 Å². The molecule has 0 rings (SSSR count). The fourth-order valence-electron chi connectivity index (χ4n) is 0.940. The maximum absolute atomic E-state index is 12.9. The Kier molecular flexibility index (Phi) is 4.10. The van der Waals surface area contributed by atoms with Crippen molar-refractivity contribution >= 4 is 7.22 Å². The molecule has 130 valence electrons. The van der Waals surface area contributed by atoms with Crippen molar-refractivity contribution in [2.75, 3.05) is 0 Å². The summed E-state index contributed by atoms with van der Waals surface area (Å²) in [6.07, 6.45) is -16.0. The number of rotatable bonds is 2. The summed E-state index contributed by atoms with van der Waals surface area (Å²) in [7, 11) is -12.1. The van der Waals surface area contributed by atoms with Gasteiger partial charge in [0.1, 0.15) is 0 Å². The van der Waals surface area contributed by atoms with Gasteiger partial charge in [-0.25, -0.2) is 0 Å². The van der Waals surface area contributed by atoms with Gasteiger partial charge < -0.3 is 0 Å². The second-order valence-corrected chi connectivity index (χ2v) is 6.90. The van der Waals surface area contributed by atoms with Gasteiger partial charge in [-0.1, -0.05) is 0 Å². The molecule has 0 radical (unpaired) electrons. The Morgan fingerprint density at radius 1 is 0.429 bits per heavy atom. The van der Waals surface area contributed by atoms with Gasteiger partial charge in [-0.05, 0) is 0 Å². The van der Waals surface area contributed by atoms with Gasteiger partial charge in [0.15, 0.2) is 0 Å². The van der Waals surface area contributed by atoms with Crippen LogP contribution in [0, 0.1) is 0 Å². The minimum atomic E-state index is -12.1. The van der Waals surface area contributed by atoms with E-state index in [-0.39, 0.29) is 0 Å². The normalized spacial score (nSPS) is 18.3. The molecule has 0 aliphatic carbocycles. The van der Waals surface area contributed by atoms with Crippen molar-refractivity contribution in [3.63, 3.8) is 0 Å². The second-order valence-electron chi connectivity index (χ2n) is 3.45. The standard InChI is InChI=1S/C5F15P/c6-1(7,8)3(12,13)21(19,20,5(16,17)18)4(14,15)2(9,10)11. The molecule has 0 unspecified atom stereocenters. The summed E-state index contributed by atoms with van der Waals surface area (Å²) in [4.78, 5) is 0. The third kappa shape index (κ3) is 2.05. The molecular formula is C5F15P. The van der Waals surface area contributed by atoms with Gasteiger partial charge in [0.2, 0.25) is 0 Å². The average molecular weight is 376 g/mol. The summed E-state index contributed by atoms with van der Waals surface area (Å²) in [5, 5.41) is 0. The first kappa shape index (κ1) is 20.4. The van der Waals surface area contributed by atoms with E-state index in [2.05, 4.69) is 0 Å². The summed E-state index contributed by atoms with van der Waals surface area (Å²) in [5.74, 6) is -8.47. The molecule has 0 heterocycles. The zero-order chi connectivity index (χ0) is 17.9. The summed E-state index contributed by atoms with van der Waals surface area (Å²) >= 11 is 0. The van der Waals surface area contributed by atoms with Crippen LogP contribution in [-0.4, -0.2) is 29.6 Å². The fraction of sp³-hybridized carbons (Fsp3) is 1.00. The van der Waals surface area contributed by atoms with Gasteiger partial charge in [-0.15, -0.1) is 0 Å². The molecular weight excluding hydrogens is 376 g/mol. The van der Waals surface area contributed by atoms with Crippen LogP contribution in [0.3, 0.4) is 0 Å². The van der Waals surface area contributed by atoms with E-state index < -0.39 is 36.8 Å². The first-order chi connectivity index (χ1) is 8.57. The Morgan fingerprint density at radius 3 is 0.714 bits per heavy atom. The molecule has 0 aliphatic rings. The van der Waals surface area contributed by atoms with Crippen molar-refractivity contribution in [1.29, 1.82) is 0 Å². The van der Waals surface area contributed by atoms with Gasteiger partial charge in [-0.3, -0.25) is 0 Å². The topological polar surface area (TPSA) is 0 Å². The first-order valence-electron chi connectivity index (χ1n) is 3.97. The third-order valence-corrected chi connectivity index (χ3v) is 5.48. The molecule has 0 fully saturated rings. The molecule has 0 saturated carbocycles. The molecule has 0 aromatic rings. The zero-order valence-corrected chi connectivity index (χ0v) is 9.51. The number of alkyl halides is 13. The van der Waals surface area contributed by atoms with Crippen molar-refractivity contribution in [2.45, 2.75) is 29.6 Å². The van der Waals surface area contributed by atoms with E-state index >= 15 is 0 Å². The van der Waals surface area contributed by atoms with E-state index in [1.165, 1.54) is 0 Å². The van der Waals surface area contributed by atoms with E-state index in [4.69, 9.17) is 0 Å². The van der Waals surface area contributed by atoms with Crippen LogP contribution in [0.15, 0.2) is 0 Å². The van der Waals surface area contributed by atoms with Crippen LogP contribution >= 0.6 is 7.22 Å². The predicted molar refractivity (Wildman–Crippen MR) is 37.2 cm³/mol. The fourth-order valence-corrected chi connectivity index (χ4v) is 2.82. The zero-order valence-electron chi connectivity index (χ0n) is 8.62. The molecule has 16 heteroatoms. The van der Waals surface area contributed by atoms with E-state index in [1.807, 2.05) is 0 Å². The van der Waals surface area contributed by atoms with Gasteiger partial charge in [-0.2, -0.15) is 0 Å². The Morgan fingerprint density at radius 2 is 0.619 bits per heavy atom. The third-order valence-electron chi connectivity index (χ3n) is 2.11. The Balaban J connectivity index is 6.96. The molecule has 21 heavy (non-hydrogen) atoms. The quantitative estimate of drug-likeness (QED) is 0.401. The predicted octanol–water partition coefficient (Wildman–Crippen LogP) is 6.14. The van der Waals surface area contributed by atoms with E-state index in [0.717, 1.165) is 0 Å². The minimum absolute atomic E-state index is 8.00. The number of hydrogen-bond donors (Lipinski definition) is 0. The summed E-state index contributed by atoms with van der Waals surface area (Å²) in [5.41, 5.74) is -17.3. The average Bonchev–Trinajstić information content (AvgIpc) is 2.11. The molecule has 0 aromatic heterocycles. The molecule has 0 N–H and O–H groups in total. The SMILES string of the molecule is FC(F)(F)C(F)(F)P(F)(F)(C(F)(F)F)C(F)(F)C(F)(F)F. The van der Waals surface area contributed by atoms with E-state index in [1.54, 1.807) is 0 Å². The summed E-state index contributed by atoms with van der Waals surface area (Å²) in [6.45, 7) is 0. The van der Waals surface area contributed by atoms with Gasteiger partial charge in [0.25, 0.3) is 0 Å². The molecule has 0 bridgehead atoms. The van der Waals surface area contributed by atoms with Crippen molar-refractivity contribution in [1.82, 2.24) is 0 Å². The van der Waals surface area contributed by atoms with Crippen LogP contribution < -0.4 is 0 Å². The molecule has 0 nitrogen and oxygen atoms in total. The van der Waals surface area contributed by atoms with Crippen LogP contribution in [0.2, 0.25) is 0 Å². The Bertz CT molecular complexity index is 375. The molecule has 0 saturated heterocycles. The Labute approximate surface area is 104 Å². The van der Waals surface area contributed by atoms with Gasteiger partial charge >= 0.3 is 102 Å². The second kappa shape index (κ2) is 4.22. The summed E-state index contributed by atoms with van der Waals surface area (Å²) in [6, 6.07) is 0.